The highest BCUT2D eigenvalue weighted by molar-refractivity contribution is 8.10. The fraction of sp³-hybridized carbons (Fsp3) is 0.458. The molecular formula is C24H29F3N6O4S2. The number of aryl methyl sites for hydroxylation is 1. The predicted molar refractivity (Wildman–Crippen MR) is 146 cm³/mol. The third kappa shape index (κ3) is 6.32. The summed E-state index contributed by atoms with van der Waals surface area (Å²) in [5, 5.41) is 28.1. The molecule has 39 heavy (non-hydrogen) atoms. The quantitative estimate of drug-likeness (QED) is 0.160. The van der Waals surface area contributed by atoms with E-state index in [1.54, 1.807) is 13.8 Å². The Morgan fingerprint density at radius 1 is 1.31 bits per heavy atom. The Morgan fingerprint density at radius 2 is 2.03 bits per heavy atom. The number of anilines is 2. The number of aromatic nitrogens is 3. The molecule has 0 radical (unpaired) electrons. The first-order valence-corrected chi connectivity index (χ1v) is 14.6. The summed E-state index contributed by atoms with van der Waals surface area (Å²) in [4.78, 5) is 24.3. The summed E-state index contributed by atoms with van der Waals surface area (Å²) in [6.07, 6.45) is -5.56. The van der Waals surface area contributed by atoms with E-state index in [1.807, 2.05) is 24.3 Å². The van der Waals surface area contributed by atoms with E-state index < -0.39 is 40.2 Å². The number of thiazole rings is 1. The van der Waals surface area contributed by atoms with Gasteiger partial charge in [-0.1, -0.05) is 19.1 Å². The summed E-state index contributed by atoms with van der Waals surface area (Å²) < 4.78 is 53.3. The summed E-state index contributed by atoms with van der Waals surface area (Å²) >= 11 is 1.32. The van der Waals surface area contributed by atoms with Gasteiger partial charge in [0, 0.05) is 19.0 Å². The Kier molecular flexibility index (Phi) is 8.19. The summed E-state index contributed by atoms with van der Waals surface area (Å²) in [5.41, 5.74) is -0.279. The van der Waals surface area contributed by atoms with E-state index in [0.717, 1.165) is 4.70 Å². The lowest BCUT2D eigenvalue weighted by Crippen LogP contribution is -2.49. The number of carbonyl (C=O) groups excluding carboxylic acids is 1. The molecule has 1 aliphatic rings. The van der Waals surface area contributed by atoms with Gasteiger partial charge in [0.15, 0.2) is 5.72 Å². The molecule has 3 aromatic rings. The fourth-order valence-electron chi connectivity index (χ4n) is 4.59. The second-order valence-corrected chi connectivity index (χ2v) is 12.5. The number of rotatable bonds is 10. The van der Waals surface area contributed by atoms with Crippen molar-refractivity contribution in [1.29, 1.82) is 0 Å². The summed E-state index contributed by atoms with van der Waals surface area (Å²) in [7, 11) is -3.19. The van der Waals surface area contributed by atoms with Crippen molar-refractivity contribution >= 4 is 54.5 Å². The Hall–Kier alpha value is -2.85. The average Bonchev–Trinajstić information content (AvgIpc) is 3.41. The maximum absolute atomic E-state index is 12.9. The van der Waals surface area contributed by atoms with E-state index in [4.69, 9.17) is 0 Å². The predicted octanol–water partition coefficient (Wildman–Crippen LogP) is 3.05. The van der Waals surface area contributed by atoms with Crippen molar-refractivity contribution < 1.29 is 32.4 Å². The Bertz CT molecular complexity index is 1430. The zero-order valence-electron chi connectivity index (χ0n) is 21.2. The van der Waals surface area contributed by atoms with Crippen LogP contribution in [-0.2, 0) is 14.5 Å². The Morgan fingerprint density at radius 3 is 2.67 bits per heavy atom. The second-order valence-electron chi connectivity index (χ2n) is 9.37. The molecule has 10 nitrogen and oxygen atoms in total. The Balaban J connectivity index is 1.70. The van der Waals surface area contributed by atoms with Gasteiger partial charge in [0.05, 0.1) is 31.2 Å². The number of hydrogen-bond acceptors (Lipinski definition) is 10. The minimum atomic E-state index is -4.51. The third-order valence-electron chi connectivity index (χ3n) is 6.59. The number of para-hydroxylation sites is 1. The van der Waals surface area contributed by atoms with Crippen LogP contribution in [0.5, 0.6) is 0 Å². The third-order valence-corrected chi connectivity index (χ3v) is 9.23. The average molecular weight is 587 g/mol. The van der Waals surface area contributed by atoms with Crippen LogP contribution in [-0.4, -0.2) is 82.8 Å². The van der Waals surface area contributed by atoms with Gasteiger partial charge in [-0.3, -0.25) is 4.79 Å². The summed E-state index contributed by atoms with van der Waals surface area (Å²) in [6, 6.07) is 7.36. The normalized spacial score (nSPS) is 23.2. The fourth-order valence-corrected chi connectivity index (χ4v) is 6.65. The highest BCUT2D eigenvalue weighted by Crippen LogP contribution is 2.41. The molecular weight excluding hydrogens is 557 g/mol. The highest BCUT2D eigenvalue weighted by Gasteiger charge is 2.48. The lowest BCUT2D eigenvalue weighted by molar-refractivity contribution is -0.115. The zero-order chi connectivity index (χ0) is 28.6. The van der Waals surface area contributed by atoms with Crippen LogP contribution in [0, 0.1) is 12.8 Å². The minimum Gasteiger partial charge on any atom is -0.388 e. The number of halogens is 3. The van der Waals surface area contributed by atoms with E-state index in [-0.39, 0.29) is 36.9 Å². The van der Waals surface area contributed by atoms with Gasteiger partial charge in [-0.25, -0.2) is 18.5 Å². The number of carbonyl (C=O) groups is 1. The number of nitrogens with one attached hydrogen (secondary N) is 2. The van der Waals surface area contributed by atoms with Gasteiger partial charge in [-0.15, -0.1) is 11.3 Å². The second kappa shape index (κ2) is 11.0. The summed E-state index contributed by atoms with van der Waals surface area (Å²) in [5.74, 6) is 2.56. The molecule has 2 heterocycles. The number of aliphatic hydroxyl groups excluding tert-OH is 1. The molecule has 212 valence electrons. The molecule has 0 bridgehead atoms. The molecule has 1 aromatic carbocycles. The van der Waals surface area contributed by atoms with Gasteiger partial charge in [-0.2, -0.15) is 18.2 Å². The number of benzene rings is 1. The van der Waals surface area contributed by atoms with E-state index in [0.29, 0.717) is 28.2 Å². The van der Waals surface area contributed by atoms with Gasteiger partial charge >= 0.3 is 6.18 Å². The van der Waals surface area contributed by atoms with Crippen molar-refractivity contribution in [2.24, 2.45) is 5.92 Å². The number of fused-ring (bicyclic) bond motifs is 1. The van der Waals surface area contributed by atoms with Gasteiger partial charge in [-0.05, 0) is 37.8 Å². The van der Waals surface area contributed by atoms with E-state index in [9.17, 15) is 32.4 Å². The highest BCUT2D eigenvalue weighted by atomic mass is 32.2. The van der Waals surface area contributed by atoms with Crippen LogP contribution >= 0.6 is 11.3 Å². The van der Waals surface area contributed by atoms with Crippen LogP contribution in [0.1, 0.15) is 25.5 Å². The van der Waals surface area contributed by atoms with Crippen LogP contribution in [0.3, 0.4) is 0 Å². The van der Waals surface area contributed by atoms with Crippen molar-refractivity contribution in [2.45, 2.75) is 44.7 Å². The van der Waals surface area contributed by atoms with Crippen molar-refractivity contribution in [3.8, 4) is 10.6 Å². The SMILES string of the molecule is C=S(=O)(C=O)N(CC)CC1CCC(O)(Nc2nc(NCC(F)(F)F)nc(C)c2-c2nc3ccccc3s2)C1O. The first kappa shape index (κ1) is 29.1. The molecule has 1 saturated carbocycles. The number of alkyl halides is 3. The van der Waals surface area contributed by atoms with E-state index in [1.165, 1.54) is 15.6 Å². The standard InChI is InChI=1S/C24H29F3N6O4S2/c1-4-33(39(3,37)13-34)11-15-9-10-23(36,19(15)35)32-20-18(21-30-16-7-5-6-8-17(16)38-21)14(2)29-22(31-20)28-12-24(25,26)27/h5-8,13,15,19,35-36H,3-4,9-12H2,1-2H3,(H2,28,29,31,32). The van der Waals surface area contributed by atoms with Crippen LogP contribution in [0.15, 0.2) is 24.3 Å². The molecule has 4 rings (SSSR count). The molecule has 2 aromatic heterocycles. The molecule has 0 saturated heterocycles. The van der Waals surface area contributed by atoms with Crippen molar-refractivity contribution in [3.05, 3.63) is 30.0 Å². The molecule has 4 atom stereocenters. The molecule has 1 aliphatic carbocycles. The van der Waals surface area contributed by atoms with Crippen LogP contribution < -0.4 is 10.6 Å². The summed E-state index contributed by atoms with van der Waals surface area (Å²) in [6.45, 7) is 2.19. The number of aliphatic hydroxyl groups is 2. The molecule has 0 amide bonds. The van der Waals surface area contributed by atoms with Gasteiger partial charge < -0.3 is 20.8 Å². The molecule has 1 fully saturated rings. The van der Waals surface area contributed by atoms with Gasteiger partial charge in [0.1, 0.15) is 23.5 Å². The zero-order valence-corrected chi connectivity index (χ0v) is 22.9. The van der Waals surface area contributed by atoms with Crippen LogP contribution in [0.25, 0.3) is 20.8 Å². The molecule has 15 heteroatoms. The van der Waals surface area contributed by atoms with Crippen molar-refractivity contribution in [2.75, 3.05) is 30.3 Å². The first-order valence-electron chi connectivity index (χ1n) is 12.1. The largest absolute Gasteiger partial charge is 0.405 e. The number of hydrogen-bond donors (Lipinski definition) is 4. The van der Waals surface area contributed by atoms with Crippen molar-refractivity contribution in [3.63, 3.8) is 0 Å². The molecule has 0 spiro atoms. The number of nitrogens with zero attached hydrogens (tertiary/aromatic N) is 4. The van der Waals surface area contributed by atoms with E-state index in [2.05, 4.69) is 31.5 Å². The van der Waals surface area contributed by atoms with Crippen LogP contribution in [0.2, 0.25) is 0 Å². The lowest BCUT2D eigenvalue weighted by atomic mass is 10.0. The molecule has 4 N–H and O–H groups in total. The first-order chi connectivity index (χ1) is 18.3. The van der Waals surface area contributed by atoms with Gasteiger partial charge in [0.2, 0.25) is 11.6 Å². The van der Waals surface area contributed by atoms with Crippen LogP contribution in [0.4, 0.5) is 24.9 Å². The van der Waals surface area contributed by atoms with Crippen molar-refractivity contribution in [1.82, 2.24) is 19.3 Å². The van der Waals surface area contributed by atoms with E-state index >= 15 is 0 Å². The molecule has 0 aliphatic heterocycles. The topological polar surface area (TPSA) is 141 Å². The monoisotopic (exact) mass is 586 g/mol. The molecule has 4 unspecified atom stereocenters. The maximum atomic E-state index is 12.9. The smallest absolute Gasteiger partial charge is 0.388 e. The minimum absolute atomic E-state index is 0.00498. The maximum Gasteiger partial charge on any atom is 0.405 e. The van der Waals surface area contributed by atoms with Gasteiger partial charge in [0.25, 0.3) is 0 Å². The Labute approximate surface area is 227 Å². The lowest BCUT2D eigenvalue weighted by Gasteiger charge is -2.32.